The first-order chi connectivity index (χ1) is 11.3. The molecule has 5 nitrogen and oxygen atoms in total. The first-order valence-electron chi connectivity index (χ1n) is 7.35. The van der Waals surface area contributed by atoms with Gasteiger partial charge in [-0.15, -0.1) is 0 Å². The van der Waals surface area contributed by atoms with E-state index < -0.39 is 0 Å². The van der Waals surface area contributed by atoms with Gasteiger partial charge in [0.05, 0.1) is 37.2 Å². The number of pyridine rings is 1. The van der Waals surface area contributed by atoms with Crippen LogP contribution in [0.2, 0.25) is 0 Å². The summed E-state index contributed by atoms with van der Waals surface area (Å²) in [4.78, 5) is 8.74. The lowest BCUT2D eigenvalue weighted by atomic mass is 10.1. The molecule has 114 valence electrons. The monoisotopic (exact) mass is 304 g/mol. The Hall–Kier alpha value is -3.08. The third-order valence-electron chi connectivity index (χ3n) is 3.97. The predicted molar refractivity (Wildman–Crippen MR) is 89.4 cm³/mol. The normalized spacial score (nSPS) is 11.0. The largest absolute Gasteiger partial charge is 0.482 e. The highest BCUT2D eigenvalue weighted by molar-refractivity contribution is 5.72. The van der Waals surface area contributed by atoms with Gasteiger partial charge in [0.1, 0.15) is 5.65 Å². The van der Waals surface area contributed by atoms with Crippen molar-refractivity contribution in [3.63, 3.8) is 0 Å². The third kappa shape index (κ3) is 2.17. The molecule has 0 unspecified atom stereocenters. The van der Waals surface area contributed by atoms with Gasteiger partial charge in [-0.2, -0.15) is 0 Å². The van der Waals surface area contributed by atoms with Crippen molar-refractivity contribution in [3.8, 4) is 28.4 Å². The number of hydrogen-bond donors (Lipinski definition) is 0. The number of nitrogens with zero attached hydrogens (tertiary/aromatic N) is 4. The second-order valence-electron chi connectivity index (χ2n) is 5.38. The maximum atomic E-state index is 5.62. The molecule has 5 heteroatoms. The number of imidazole rings is 2. The molecule has 4 rings (SSSR count). The van der Waals surface area contributed by atoms with Gasteiger partial charge in [0.15, 0.2) is 5.88 Å². The average molecular weight is 304 g/mol. The molecule has 0 amide bonds. The lowest BCUT2D eigenvalue weighted by Crippen LogP contribution is -1.99. The van der Waals surface area contributed by atoms with Crippen LogP contribution in [0.1, 0.15) is 0 Å². The molecule has 0 bridgehead atoms. The molecular formula is C18H16N4O. The molecule has 1 aromatic carbocycles. The fourth-order valence-electron chi connectivity index (χ4n) is 2.81. The maximum absolute atomic E-state index is 5.62. The minimum atomic E-state index is 0.745. The van der Waals surface area contributed by atoms with E-state index in [0.717, 1.165) is 34.0 Å². The van der Waals surface area contributed by atoms with Gasteiger partial charge >= 0.3 is 0 Å². The molecule has 0 saturated carbocycles. The second kappa shape index (κ2) is 5.28. The Labute approximate surface area is 133 Å². The van der Waals surface area contributed by atoms with Crippen molar-refractivity contribution in [1.82, 2.24) is 18.9 Å². The highest BCUT2D eigenvalue weighted by Crippen LogP contribution is 2.30. The lowest BCUT2D eigenvalue weighted by Gasteiger charge is -2.11. The van der Waals surface area contributed by atoms with E-state index in [0.29, 0.717) is 0 Å². The number of rotatable bonds is 3. The third-order valence-corrected chi connectivity index (χ3v) is 3.97. The highest BCUT2D eigenvalue weighted by atomic mass is 16.5. The topological polar surface area (TPSA) is 44.4 Å². The first-order valence-corrected chi connectivity index (χ1v) is 7.35. The summed E-state index contributed by atoms with van der Waals surface area (Å²) in [5, 5.41) is 0. The zero-order chi connectivity index (χ0) is 15.8. The van der Waals surface area contributed by atoms with Gasteiger partial charge < -0.3 is 9.30 Å². The van der Waals surface area contributed by atoms with Gasteiger partial charge in [-0.25, -0.2) is 9.97 Å². The molecule has 0 aliphatic rings. The SMILES string of the molecule is COc1cc(-c2ccccc2)cc2ncc(-c3cncn3C)n12. The van der Waals surface area contributed by atoms with Crippen LogP contribution >= 0.6 is 0 Å². The van der Waals surface area contributed by atoms with Crippen molar-refractivity contribution in [2.24, 2.45) is 7.05 Å². The molecule has 4 aromatic rings. The Balaban J connectivity index is 1.96. The number of aromatic nitrogens is 4. The summed E-state index contributed by atoms with van der Waals surface area (Å²) >= 11 is 0. The van der Waals surface area contributed by atoms with Gasteiger partial charge in [0, 0.05) is 13.1 Å². The fourth-order valence-corrected chi connectivity index (χ4v) is 2.81. The number of aryl methyl sites for hydroxylation is 1. The van der Waals surface area contributed by atoms with E-state index in [9.17, 15) is 0 Å². The Bertz CT molecular complexity index is 969. The van der Waals surface area contributed by atoms with E-state index in [1.165, 1.54) is 0 Å². The molecule has 3 heterocycles. The highest BCUT2D eigenvalue weighted by Gasteiger charge is 2.14. The number of benzene rings is 1. The van der Waals surface area contributed by atoms with E-state index >= 15 is 0 Å². The Kier molecular flexibility index (Phi) is 3.12. The Morgan fingerprint density at radius 3 is 2.48 bits per heavy atom. The van der Waals surface area contributed by atoms with E-state index in [4.69, 9.17) is 4.74 Å². The molecule has 0 fully saturated rings. The average Bonchev–Trinajstić information content (AvgIpc) is 3.20. The van der Waals surface area contributed by atoms with Crippen LogP contribution in [0.4, 0.5) is 0 Å². The first kappa shape index (κ1) is 13.6. The molecule has 3 aromatic heterocycles. The van der Waals surface area contributed by atoms with Gasteiger partial charge in [-0.1, -0.05) is 30.3 Å². The molecular weight excluding hydrogens is 288 g/mol. The zero-order valence-corrected chi connectivity index (χ0v) is 13.0. The van der Waals surface area contributed by atoms with Gasteiger partial charge in [-0.05, 0) is 17.2 Å². The number of ether oxygens (including phenoxy) is 1. The van der Waals surface area contributed by atoms with Crippen LogP contribution in [-0.2, 0) is 7.05 Å². The van der Waals surface area contributed by atoms with Crippen molar-refractivity contribution in [2.75, 3.05) is 7.11 Å². The quantitative estimate of drug-likeness (QED) is 0.582. The molecule has 0 aliphatic carbocycles. The van der Waals surface area contributed by atoms with E-state index in [2.05, 4.69) is 28.2 Å². The van der Waals surface area contributed by atoms with Crippen molar-refractivity contribution < 1.29 is 4.74 Å². The van der Waals surface area contributed by atoms with Crippen LogP contribution in [0.3, 0.4) is 0 Å². The van der Waals surface area contributed by atoms with Crippen LogP contribution in [0.15, 0.2) is 61.2 Å². The van der Waals surface area contributed by atoms with Crippen LogP contribution in [0.25, 0.3) is 28.2 Å². The molecule has 23 heavy (non-hydrogen) atoms. The van der Waals surface area contributed by atoms with Crippen LogP contribution in [-0.4, -0.2) is 26.0 Å². The van der Waals surface area contributed by atoms with Gasteiger partial charge in [-0.3, -0.25) is 4.40 Å². The summed E-state index contributed by atoms with van der Waals surface area (Å²) in [6.07, 6.45) is 5.46. The van der Waals surface area contributed by atoms with E-state index in [1.54, 1.807) is 13.4 Å². The summed E-state index contributed by atoms with van der Waals surface area (Å²) in [6, 6.07) is 14.3. The number of methoxy groups -OCH3 is 1. The van der Waals surface area contributed by atoms with Crippen LogP contribution in [0.5, 0.6) is 5.88 Å². The summed E-state index contributed by atoms with van der Waals surface area (Å²) in [5.41, 5.74) is 5.01. The van der Waals surface area contributed by atoms with E-state index in [1.807, 2.05) is 52.7 Å². The van der Waals surface area contributed by atoms with Crippen molar-refractivity contribution in [1.29, 1.82) is 0 Å². The maximum Gasteiger partial charge on any atom is 0.200 e. The zero-order valence-electron chi connectivity index (χ0n) is 13.0. The summed E-state index contributed by atoms with van der Waals surface area (Å²) in [6.45, 7) is 0. The fraction of sp³-hybridized carbons (Fsp3) is 0.111. The van der Waals surface area contributed by atoms with Gasteiger partial charge in [0.25, 0.3) is 0 Å². The Morgan fingerprint density at radius 2 is 1.78 bits per heavy atom. The molecule has 0 N–H and O–H groups in total. The molecule has 0 spiro atoms. The Morgan fingerprint density at radius 1 is 0.957 bits per heavy atom. The standard InChI is InChI=1S/C18H16N4O/c1-21-12-19-10-15(21)16-11-20-17-8-14(9-18(23-2)22(16)17)13-6-4-3-5-7-13/h3-12H,1-2H3. The number of fused-ring (bicyclic) bond motifs is 1. The van der Waals surface area contributed by atoms with Gasteiger partial charge in [0.2, 0.25) is 0 Å². The summed E-state index contributed by atoms with van der Waals surface area (Å²) in [7, 11) is 3.64. The number of hydrogen-bond acceptors (Lipinski definition) is 3. The smallest absolute Gasteiger partial charge is 0.200 e. The molecule has 0 radical (unpaired) electrons. The predicted octanol–water partition coefficient (Wildman–Crippen LogP) is 3.41. The van der Waals surface area contributed by atoms with Crippen molar-refractivity contribution in [2.45, 2.75) is 0 Å². The minimum absolute atomic E-state index is 0.745. The molecule has 0 atom stereocenters. The molecule has 0 aliphatic heterocycles. The molecule has 0 saturated heterocycles. The lowest BCUT2D eigenvalue weighted by molar-refractivity contribution is 0.393. The van der Waals surface area contributed by atoms with Crippen molar-refractivity contribution >= 4 is 5.65 Å². The van der Waals surface area contributed by atoms with Crippen LogP contribution < -0.4 is 4.74 Å². The summed E-state index contributed by atoms with van der Waals surface area (Å²) in [5.74, 6) is 0.745. The van der Waals surface area contributed by atoms with Crippen molar-refractivity contribution in [3.05, 3.63) is 61.2 Å². The van der Waals surface area contributed by atoms with E-state index in [-0.39, 0.29) is 0 Å². The van der Waals surface area contributed by atoms with Crippen LogP contribution in [0, 0.1) is 0 Å². The second-order valence-corrected chi connectivity index (χ2v) is 5.38. The summed E-state index contributed by atoms with van der Waals surface area (Å²) < 4.78 is 9.59. The minimum Gasteiger partial charge on any atom is -0.482 e.